The van der Waals surface area contributed by atoms with Gasteiger partial charge in [0.15, 0.2) is 5.82 Å². The molecule has 0 aliphatic carbocycles. The smallest absolute Gasteiger partial charge is 0.370 e. The normalized spacial score (nSPS) is 15.5. The molecular weight excluding hydrogens is 257 g/mol. The first-order valence-electron chi connectivity index (χ1n) is 5.59. The van der Waals surface area contributed by atoms with Gasteiger partial charge in [-0.1, -0.05) is 6.58 Å². The summed E-state index contributed by atoms with van der Waals surface area (Å²) >= 11 is 0. The number of aromatic amines is 1. The summed E-state index contributed by atoms with van der Waals surface area (Å²) in [5.41, 5.74) is -0.504. The number of imidazole rings is 1. The minimum absolute atomic E-state index is 0.377. The molecular formula is C13H13F3N2O. The zero-order valence-corrected chi connectivity index (χ0v) is 10.5. The van der Waals surface area contributed by atoms with Crippen molar-refractivity contribution in [3.05, 3.63) is 41.7 Å². The average molecular weight is 270 g/mol. The highest BCUT2D eigenvalue weighted by Gasteiger charge is 2.55. The molecule has 3 nitrogen and oxygen atoms in total. The second kappa shape index (κ2) is 4.09. The van der Waals surface area contributed by atoms with Gasteiger partial charge in [0.25, 0.3) is 0 Å². The Morgan fingerprint density at radius 2 is 1.84 bits per heavy atom. The van der Waals surface area contributed by atoms with E-state index in [0.29, 0.717) is 17.1 Å². The number of benzene rings is 1. The number of aryl methyl sites for hydroxylation is 2. The van der Waals surface area contributed by atoms with Crippen molar-refractivity contribution < 1.29 is 18.3 Å². The molecule has 0 unspecified atom stereocenters. The lowest BCUT2D eigenvalue weighted by Gasteiger charge is -2.24. The highest BCUT2D eigenvalue weighted by molar-refractivity contribution is 5.77. The zero-order chi connectivity index (χ0) is 14.4. The molecule has 1 aromatic carbocycles. The van der Waals surface area contributed by atoms with Gasteiger partial charge in [-0.15, -0.1) is 0 Å². The number of aromatic nitrogens is 2. The van der Waals surface area contributed by atoms with E-state index >= 15 is 0 Å². The van der Waals surface area contributed by atoms with Gasteiger partial charge >= 0.3 is 6.18 Å². The van der Waals surface area contributed by atoms with E-state index in [1.165, 1.54) is 0 Å². The molecule has 0 spiro atoms. The third kappa shape index (κ3) is 2.02. The number of H-pyrrole nitrogens is 1. The highest BCUT2D eigenvalue weighted by atomic mass is 19.4. The molecule has 102 valence electrons. The molecule has 1 atom stereocenters. The number of aliphatic hydroxyl groups is 1. The summed E-state index contributed by atoms with van der Waals surface area (Å²) in [5, 5.41) is 9.73. The quantitative estimate of drug-likeness (QED) is 0.824. The lowest BCUT2D eigenvalue weighted by molar-refractivity contribution is -0.247. The second-order valence-electron chi connectivity index (χ2n) is 4.51. The largest absolute Gasteiger partial charge is 0.428 e. The summed E-state index contributed by atoms with van der Waals surface area (Å²) in [6, 6.07) is 3.37. The first kappa shape index (κ1) is 13.6. The number of nitrogens with zero attached hydrogens (tertiary/aromatic N) is 1. The molecule has 0 aliphatic rings. The summed E-state index contributed by atoms with van der Waals surface area (Å²) in [5.74, 6) is -0.574. The van der Waals surface area contributed by atoms with Gasteiger partial charge in [-0.25, -0.2) is 4.98 Å². The number of rotatable bonds is 2. The molecule has 0 aliphatic heterocycles. The highest BCUT2D eigenvalue weighted by Crippen LogP contribution is 2.39. The van der Waals surface area contributed by atoms with Crippen LogP contribution in [-0.2, 0) is 5.60 Å². The third-order valence-electron chi connectivity index (χ3n) is 3.19. The average Bonchev–Trinajstić information content (AvgIpc) is 2.70. The fraction of sp³-hybridized carbons (Fsp3) is 0.308. The Morgan fingerprint density at radius 1 is 1.26 bits per heavy atom. The monoisotopic (exact) mass is 270 g/mol. The number of halogens is 3. The molecule has 19 heavy (non-hydrogen) atoms. The summed E-state index contributed by atoms with van der Waals surface area (Å²) < 4.78 is 38.7. The van der Waals surface area contributed by atoms with Crippen molar-refractivity contribution in [2.75, 3.05) is 0 Å². The number of hydrogen-bond donors (Lipinski definition) is 2. The van der Waals surface area contributed by atoms with Crippen molar-refractivity contribution in [2.24, 2.45) is 0 Å². The molecule has 0 radical (unpaired) electrons. The van der Waals surface area contributed by atoms with Gasteiger partial charge in [0.05, 0.1) is 11.0 Å². The number of hydrogen-bond acceptors (Lipinski definition) is 2. The van der Waals surface area contributed by atoms with Crippen molar-refractivity contribution >= 4 is 11.0 Å². The third-order valence-corrected chi connectivity index (χ3v) is 3.19. The molecule has 0 saturated heterocycles. The Labute approximate surface area is 107 Å². The van der Waals surface area contributed by atoms with Crippen LogP contribution < -0.4 is 0 Å². The van der Waals surface area contributed by atoms with Gasteiger partial charge in [-0.2, -0.15) is 13.2 Å². The predicted molar refractivity (Wildman–Crippen MR) is 65.7 cm³/mol. The van der Waals surface area contributed by atoms with Crippen LogP contribution in [0, 0.1) is 13.8 Å². The van der Waals surface area contributed by atoms with Crippen LogP contribution in [0.3, 0.4) is 0 Å². The maximum atomic E-state index is 12.9. The minimum atomic E-state index is -4.88. The lowest BCUT2D eigenvalue weighted by Crippen LogP contribution is -2.41. The van der Waals surface area contributed by atoms with Crippen LogP contribution in [0.25, 0.3) is 11.0 Å². The van der Waals surface area contributed by atoms with Crippen molar-refractivity contribution in [2.45, 2.75) is 25.6 Å². The summed E-state index contributed by atoms with van der Waals surface area (Å²) in [6.07, 6.45) is -4.45. The van der Waals surface area contributed by atoms with E-state index in [-0.39, 0.29) is 0 Å². The maximum absolute atomic E-state index is 12.9. The maximum Gasteiger partial charge on any atom is 0.428 e. The van der Waals surface area contributed by atoms with E-state index in [0.717, 1.165) is 11.1 Å². The summed E-state index contributed by atoms with van der Waals surface area (Å²) in [4.78, 5) is 6.34. The van der Waals surface area contributed by atoms with Crippen molar-refractivity contribution in [3.63, 3.8) is 0 Å². The van der Waals surface area contributed by atoms with Crippen LogP contribution >= 0.6 is 0 Å². The first-order valence-corrected chi connectivity index (χ1v) is 5.59. The van der Waals surface area contributed by atoms with Crippen LogP contribution in [0.1, 0.15) is 17.0 Å². The molecule has 0 saturated carbocycles. The van der Waals surface area contributed by atoms with Gasteiger partial charge in [0.2, 0.25) is 5.60 Å². The van der Waals surface area contributed by atoms with Crippen molar-refractivity contribution in [1.82, 2.24) is 9.97 Å². The standard InChI is InChI=1S/C13H13F3N2O/c1-4-12(19,13(14,15)16)11-17-9-5-7(2)8(3)6-10(9)18-11/h4-6,19H,1H2,2-3H3,(H,17,18)/t12-/m1/s1. The lowest BCUT2D eigenvalue weighted by atomic mass is 10.0. The molecule has 1 heterocycles. The van der Waals surface area contributed by atoms with Gasteiger partial charge in [0.1, 0.15) is 0 Å². The van der Waals surface area contributed by atoms with Gasteiger partial charge in [-0.05, 0) is 43.2 Å². The van der Waals surface area contributed by atoms with Crippen LogP contribution in [0.5, 0.6) is 0 Å². The molecule has 2 aromatic rings. The van der Waals surface area contributed by atoms with E-state index in [2.05, 4.69) is 16.5 Å². The fourth-order valence-electron chi connectivity index (χ4n) is 1.80. The van der Waals surface area contributed by atoms with E-state index in [4.69, 9.17) is 0 Å². The molecule has 0 fully saturated rings. The van der Waals surface area contributed by atoms with Crippen LogP contribution in [0.2, 0.25) is 0 Å². The number of fused-ring (bicyclic) bond motifs is 1. The Hall–Kier alpha value is -1.82. The topological polar surface area (TPSA) is 48.9 Å². The summed E-state index contributed by atoms with van der Waals surface area (Å²) in [6.45, 7) is 6.74. The molecule has 1 aromatic heterocycles. The van der Waals surface area contributed by atoms with Crippen molar-refractivity contribution in [1.29, 1.82) is 0 Å². The number of alkyl halides is 3. The Morgan fingerprint density at radius 3 is 2.37 bits per heavy atom. The SMILES string of the molecule is C=C[C@@](O)(c1nc2cc(C)c(C)cc2[nH]1)C(F)(F)F. The zero-order valence-electron chi connectivity index (χ0n) is 10.5. The molecule has 0 bridgehead atoms. The Bertz CT molecular complexity index is 606. The molecule has 6 heteroatoms. The molecule has 0 amide bonds. The van der Waals surface area contributed by atoms with E-state index < -0.39 is 17.6 Å². The van der Waals surface area contributed by atoms with E-state index in [9.17, 15) is 18.3 Å². The van der Waals surface area contributed by atoms with Gasteiger partial charge < -0.3 is 10.1 Å². The Balaban J connectivity index is 2.66. The fourth-order valence-corrected chi connectivity index (χ4v) is 1.80. The summed E-state index contributed by atoms with van der Waals surface area (Å²) in [7, 11) is 0. The molecule has 2 rings (SSSR count). The predicted octanol–water partition coefficient (Wildman–Crippen LogP) is 3.12. The van der Waals surface area contributed by atoms with Gasteiger partial charge in [0, 0.05) is 0 Å². The number of nitrogens with one attached hydrogen (secondary N) is 1. The van der Waals surface area contributed by atoms with Crippen LogP contribution in [0.4, 0.5) is 13.2 Å². The van der Waals surface area contributed by atoms with E-state index in [1.807, 2.05) is 13.8 Å². The second-order valence-corrected chi connectivity index (χ2v) is 4.51. The first-order chi connectivity index (χ1) is 8.69. The Kier molecular flexibility index (Phi) is 2.93. The molecule has 2 N–H and O–H groups in total. The van der Waals surface area contributed by atoms with Crippen LogP contribution in [0.15, 0.2) is 24.8 Å². The van der Waals surface area contributed by atoms with Gasteiger partial charge in [-0.3, -0.25) is 0 Å². The van der Waals surface area contributed by atoms with Crippen LogP contribution in [-0.4, -0.2) is 21.3 Å². The van der Waals surface area contributed by atoms with Crippen molar-refractivity contribution in [3.8, 4) is 0 Å². The minimum Gasteiger partial charge on any atom is -0.370 e. The van der Waals surface area contributed by atoms with E-state index in [1.54, 1.807) is 12.1 Å².